The van der Waals surface area contributed by atoms with Crippen LogP contribution in [0.1, 0.15) is 23.6 Å². The van der Waals surface area contributed by atoms with Crippen molar-refractivity contribution in [1.29, 1.82) is 0 Å². The van der Waals surface area contributed by atoms with Crippen molar-refractivity contribution in [3.63, 3.8) is 0 Å². The number of hydrogen-bond acceptors (Lipinski definition) is 4. The molecule has 1 atom stereocenters. The third kappa shape index (κ3) is 7.84. The molecule has 0 radical (unpaired) electrons. The monoisotopic (exact) mass is 605 g/mol. The average Bonchev–Trinajstić information content (AvgIpc) is 3.00. The minimum atomic E-state index is -4.42. The summed E-state index contributed by atoms with van der Waals surface area (Å²) in [4.78, 5) is 28.8. The van der Waals surface area contributed by atoms with Crippen LogP contribution in [-0.4, -0.2) is 44.3 Å². The number of likely N-dealkylation sites (N-methyl/N-ethyl adjacent to an activating group) is 1. The molecule has 224 valence electrons. The molecule has 0 aliphatic rings. The van der Waals surface area contributed by atoms with Crippen molar-refractivity contribution in [3.8, 4) is 0 Å². The van der Waals surface area contributed by atoms with Gasteiger partial charge in [0.05, 0.1) is 10.6 Å². The second kappa shape index (κ2) is 14.1. The van der Waals surface area contributed by atoms with Gasteiger partial charge in [0, 0.05) is 19.5 Å². The van der Waals surface area contributed by atoms with E-state index >= 15 is 4.39 Å². The maximum absolute atomic E-state index is 15.1. The molecule has 10 heteroatoms. The summed E-state index contributed by atoms with van der Waals surface area (Å²) in [5.41, 5.74) is 1.81. The van der Waals surface area contributed by atoms with E-state index in [4.69, 9.17) is 0 Å². The van der Waals surface area contributed by atoms with Crippen LogP contribution in [0.4, 0.5) is 14.5 Å². The van der Waals surface area contributed by atoms with Crippen LogP contribution in [0.3, 0.4) is 0 Å². The summed E-state index contributed by atoms with van der Waals surface area (Å²) in [6.07, 6.45) is 0.129. The largest absolute Gasteiger partial charge is 0.355 e. The van der Waals surface area contributed by atoms with E-state index in [2.05, 4.69) is 5.32 Å². The molecule has 0 fully saturated rings. The third-order valence-electron chi connectivity index (χ3n) is 6.90. The fourth-order valence-electron chi connectivity index (χ4n) is 4.64. The van der Waals surface area contributed by atoms with E-state index in [1.165, 1.54) is 59.5 Å². The van der Waals surface area contributed by atoms with Crippen molar-refractivity contribution in [2.45, 2.75) is 37.8 Å². The van der Waals surface area contributed by atoms with Gasteiger partial charge in [-0.3, -0.25) is 13.9 Å². The van der Waals surface area contributed by atoms with E-state index in [0.29, 0.717) is 12.1 Å². The lowest BCUT2D eigenvalue weighted by Crippen LogP contribution is -2.53. The maximum Gasteiger partial charge on any atom is 0.264 e. The van der Waals surface area contributed by atoms with E-state index in [9.17, 15) is 22.4 Å². The molecule has 7 nitrogen and oxygen atoms in total. The van der Waals surface area contributed by atoms with Crippen LogP contribution in [0.2, 0.25) is 0 Å². The number of aryl methyl sites for hydroxylation is 1. The summed E-state index contributed by atoms with van der Waals surface area (Å²) in [5, 5.41) is 2.77. The molecule has 0 aliphatic carbocycles. The summed E-state index contributed by atoms with van der Waals surface area (Å²) in [7, 11) is -4.42. The van der Waals surface area contributed by atoms with Crippen molar-refractivity contribution >= 4 is 27.5 Å². The SMILES string of the molecule is CCNC(=O)[C@@H](Cc1ccccc1)N(Cc1ccc(F)cc1)C(=O)CN(c1ccccc1F)S(=O)(=O)c1ccc(C)cc1. The first-order valence-corrected chi connectivity index (χ1v) is 15.2. The number of rotatable bonds is 12. The van der Waals surface area contributed by atoms with Crippen molar-refractivity contribution in [3.05, 3.63) is 131 Å². The zero-order valence-electron chi connectivity index (χ0n) is 23.9. The lowest BCUT2D eigenvalue weighted by Gasteiger charge is -2.34. The molecule has 0 spiro atoms. The van der Waals surface area contributed by atoms with Gasteiger partial charge in [-0.05, 0) is 61.4 Å². The van der Waals surface area contributed by atoms with Gasteiger partial charge in [0.15, 0.2) is 0 Å². The molecule has 1 N–H and O–H groups in total. The second-order valence-electron chi connectivity index (χ2n) is 10.0. The molecule has 4 rings (SSSR count). The Bertz CT molecular complexity index is 1650. The Kier molecular flexibility index (Phi) is 10.3. The van der Waals surface area contributed by atoms with Crippen LogP contribution in [0, 0.1) is 18.6 Å². The summed E-state index contributed by atoms with van der Waals surface area (Å²) in [6.45, 7) is 2.94. The number of amides is 2. The lowest BCUT2D eigenvalue weighted by molar-refractivity contribution is -0.140. The highest BCUT2D eigenvalue weighted by molar-refractivity contribution is 7.92. The molecular weight excluding hydrogens is 572 g/mol. The van der Waals surface area contributed by atoms with E-state index in [1.54, 1.807) is 26.0 Å². The highest BCUT2D eigenvalue weighted by Gasteiger charge is 2.35. The zero-order valence-corrected chi connectivity index (χ0v) is 24.7. The predicted molar refractivity (Wildman–Crippen MR) is 162 cm³/mol. The molecule has 0 unspecified atom stereocenters. The van der Waals surface area contributed by atoms with Crippen molar-refractivity contribution in [1.82, 2.24) is 10.2 Å². The minimum Gasteiger partial charge on any atom is -0.355 e. The van der Waals surface area contributed by atoms with Crippen molar-refractivity contribution in [2.75, 3.05) is 17.4 Å². The van der Waals surface area contributed by atoms with Gasteiger partial charge < -0.3 is 10.2 Å². The molecule has 2 amide bonds. The van der Waals surface area contributed by atoms with E-state index in [-0.39, 0.29) is 23.5 Å². The Morgan fingerprint density at radius 2 is 1.44 bits per heavy atom. The minimum absolute atomic E-state index is 0.121. The van der Waals surface area contributed by atoms with Crippen molar-refractivity contribution < 1.29 is 26.8 Å². The van der Waals surface area contributed by atoms with Crippen LogP contribution in [-0.2, 0) is 32.6 Å². The van der Waals surface area contributed by atoms with Crippen LogP contribution in [0.5, 0.6) is 0 Å². The first kappa shape index (κ1) is 31.4. The zero-order chi connectivity index (χ0) is 31.0. The van der Waals surface area contributed by atoms with Gasteiger partial charge in [-0.25, -0.2) is 17.2 Å². The molecule has 0 aromatic heterocycles. The first-order chi connectivity index (χ1) is 20.6. The number of anilines is 1. The lowest BCUT2D eigenvalue weighted by atomic mass is 10.0. The molecule has 43 heavy (non-hydrogen) atoms. The summed E-state index contributed by atoms with van der Waals surface area (Å²) < 4.78 is 57.4. The molecule has 4 aromatic carbocycles. The number of para-hydroxylation sites is 1. The number of hydrogen-bond donors (Lipinski definition) is 1. The smallest absolute Gasteiger partial charge is 0.264 e. The summed E-state index contributed by atoms with van der Waals surface area (Å²) in [5.74, 6) is -2.49. The van der Waals surface area contributed by atoms with Gasteiger partial charge in [0.1, 0.15) is 24.2 Å². The number of benzene rings is 4. The molecule has 0 saturated carbocycles. The topological polar surface area (TPSA) is 86.8 Å². The Morgan fingerprint density at radius 3 is 2.07 bits per heavy atom. The van der Waals surface area contributed by atoms with Crippen LogP contribution < -0.4 is 9.62 Å². The predicted octanol–water partition coefficient (Wildman–Crippen LogP) is 5.24. The first-order valence-electron chi connectivity index (χ1n) is 13.8. The Hall–Kier alpha value is -4.57. The number of nitrogens with zero attached hydrogens (tertiary/aromatic N) is 2. The molecular formula is C33H33F2N3O4S. The molecule has 0 saturated heterocycles. The Balaban J connectivity index is 1.80. The van der Waals surface area contributed by atoms with E-state index in [0.717, 1.165) is 21.5 Å². The van der Waals surface area contributed by atoms with Gasteiger partial charge >= 0.3 is 0 Å². The second-order valence-corrected chi connectivity index (χ2v) is 11.9. The fraction of sp³-hybridized carbons (Fsp3) is 0.212. The standard InChI is InChI=1S/C33H33F2N3O4S/c1-3-36-33(40)31(21-25-9-5-4-6-10-25)37(22-26-15-17-27(34)18-16-26)32(39)23-38(30-12-8-7-11-29(30)35)43(41,42)28-19-13-24(2)14-20-28/h4-20,31H,3,21-23H2,1-2H3,(H,36,40)/t31-/m1/s1. The van der Waals surface area contributed by atoms with Gasteiger partial charge in [-0.15, -0.1) is 0 Å². The van der Waals surface area contributed by atoms with Crippen LogP contribution in [0.25, 0.3) is 0 Å². The van der Waals surface area contributed by atoms with Gasteiger partial charge in [-0.2, -0.15) is 0 Å². The van der Waals surface area contributed by atoms with Gasteiger partial charge in [-0.1, -0.05) is 72.3 Å². The quantitative estimate of drug-likeness (QED) is 0.239. The van der Waals surface area contributed by atoms with E-state index in [1.807, 2.05) is 30.3 Å². The molecule has 0 heterocycles. The Labute approximate surface area is 250 Å². The van der Waals surface area contributed by atoms with Crippen molar-refractivity contribution in [2.24, 2.45) is 0 Å². The number of carbonyl (C=O) groups is 2. The van der Waals surface area contributed by atoms with Gasteiger partial charge in [0.25, 0.3) is 10.0 Å². The highest BCUT2D eigenvalue weighted by atomic mass is 32.2. The highest BCUT2D eigenvalue weighted by Crippen LogP contribution is 2.27. The molecule has 4 aromatic rings. The van der Waals surface area contributed by atoms with E-state index < -0.39 is 46.1 Å². The Morgan fingerprint density at radius 1 is 0.814 bits per heavy atom. The number of sulfonamides is 1. The average molecular weight is 606 g/mol. The third-order valence-corrected chi connectivity index (χ3v) is 8.67. The summed E-state index contributed by atoms with van der Waals surface area (Å²) in [6, 6.07) is 24.8. The molecule has 0 aliphatic heterocycles. The van der Waals surface area contributed by atoms with Gasteiger partial charge in [0.2, 0.25) is 11.8 Å². The summed E-state index contributed by atoms with van der Waals surface area (Å²) >= 11 is 0. The molecule has 0 bridgehead atoms. The van der Waals surface area contributed by atoms with Crippen LogP contribution in [0.15, 0.2) is 108 Å². The maximum atomic E-state index is 15.1. The van der Waals surface area contributed by atoms with Crippen LogP contribution >= 0.6 is 0 Å². The number of carbonyl (C=O) groups excluding carboxylic acids is 2. The number of nitrogens with one attached hydrogen (secondary N) is 1. The normalized spacial score (nSPS) is 11.9. The number of halogens is 2. The fourth-order valence-corrected chi connectivity index (χ4v) is 6.06.